The number of rotatable bonds is 0. The van der Waals surface area contributed by atoms with Crippen LogP contribution in [-0.2, 0) is 14.4 Å². The van der Waals surface area contributed by atoms with Crippen LogP contribution in [0.2, 0.25) is 0 Å². The Labute approximate surface area is 102 Å². The standard InChI is InChI=1S/3CHNO.7CH4/c3*2-1-3;;;;;;;/h3*2H;7*1H4. The maximum absolute atomic E-state index is 8.35. The van der Waals surface area contributed by atoms with Gasteiger partial charge in [0.15, 0.2) is 0 Å². The van der Waals surface area contributed by atoms with E-state index in [0.29, 0.717) is 0 Å². The summed E-state index contributed by atoms with van der Waals surface area (Å²) in [7, 11) is 0. The van der Waals surface area contributed by atoms with E-state index in [-0.39, 0.29) is 52.0 Å². The smallest absolute Gasteiger partial charge is 0.222 e. The fraction of sp³-hybridized carbons (Fsp3) is 0.700. The largest absolute Gasteiger partial charge is 0.231 e. The molecular formula is C10H31N3O3. The highest BCUT2D eigenvalue weighted by atomic mass is 16.1. The van der Waals surface area contributed by atoms with Crippen molar-refractivity contribution in [1.29, 1.82) is 16.2 Å². The van der Waals surface area contributed by atoms with Crippen LogP contribution >= 0.6 is 0 Å². The first-order valence-electron chi connectivity index (χ1n) is 1.36. The van der Waals surface area contributed by atoms with Crippen molar-refractivity contribution in [3.8, 4) is 0 Å². The highest BCUT2D eigenvalue weighted by Crippen LogP contribution is 0.874. The molecule has 0 rings (SSSR count). The van der Waals surface area contributed by atoms with E-state index in [9.17, 15) is 0 Å². The van der Waals surface area contributed by atoms with Crippen molar-refractivity contribution in [3.05, 3.63) is 0 Å². The van der Waals surface area contributed by atoms with Crippen molar-refractivity contribution >= 4 is 18.2 Å². The first-order chi connectivity index (χ1) is 4.24. The molecule has 0 saturated carbocycles. The summed E-state index contributed by atoms with van der Waals surface area (Å²) in [6.07, 6.45) is 2.25. The predicted octanol–water partition coefficient (Wildman–Crippen LogP) is 4.16. The Hall–Kier alpha value is -1.86. The lowest BCUT2D eigenvalue weighted by atomic mass is 11.7. The van der Waals surface area contributed by atoms with Crippen molar-refractivity contribution in [3.63, 3.8) is 0 Å². The Morgan fingerprint density at radius 1 is 0.438 bits per heavy atom. The van der Waals surface area contributed by atoms with E-state index in [2.05, 4.69) is 0 Å². The van der Waals surface area contributed by atoms with Crippen LogP contribution in [0.5, 0.6) is 0 Å². The van der Waals surface area contributed by atoms with Crippen molar-refractivity contribution in [2.45, 2.75) is 52.0 Å². The van der Waals surface area contributed by atoms with Gasteiger partial charge in [0.2, 0.25) is 18.2 Å². The minimum absolute atomic E-state index is 0. The van der Waals surface area contributed by atoms with E-state index in [0.717, 1.165) is 18.2 Å². The fourth-order valence-electron chi connectivity index (χ4n) is 0. The molecule has 16 heavy (non-hydrogen) atoms. The Balaban J connectivity index is -0.00000000346. The maximum atomic E-state index is 8.35. The normalized spacial score (nSPS) is 1.50. The molecule has 0 heterocycles. The van der Waals surface area contributed by atoms with Gasteiger partial charge in [-0.15, -0.1) is 0 Å². The molecule has 0 saturated heterocycles. The molecule has 0 spiro atoms. The highest BCUT2D eigenvalue weighted by Gasteiger charge is 1.04. The third-order valence-electron chi connectivity index (χ3n) is 0. The zero-order chi connectivity index (χ0) is 8.12. The predicted molar refractivity (Wildman–Crippen MR) is 72.4 cm³/mol. The molecule has 0 amide bonds. The molecule has 0 bridgehead atoms. The van der Waals surface area contributed by atoms with E-state index in [4.69, 9.17) is 30.6 Å². The van der Waals surface area contributed by atoms with Gasteiger partial charge in [-0.1, -0.05) is 52.0 Å². The average Bonchev–Trinajstić information content (AvgIpc) is 1.70. The van der Waals surface area contributed by atoms with Gasteiger partial charge >= 0.3 is 0 Å². The number of hydrogen-bond donors (Lipinski definition) is 3. The molecule has 0 atom stereocenters. The van der Waals surface area contributed by atoms with Crippen LogP contribution in [0.25, 0.3) is 0 Å². The summed E-state index contributed by atoms with van der Waals surface area (Å²) in [6.45, 7) is 0. The average molecular weight is 241 g/mol. The van der Waals surface area contributed by atoms with Gasteiger partial charge in [0.05, 0.1) is 0 Å². The van der Waals surface area contributed by atoms with Crippen molar-refractivity contribution in [1.82, 2.24) is 0 Å². The number of isocyanates is 3. The van der Waals surface area contributed by atoms with Gasteiger partial charge in [-0.2, -0.15) is 0 Å². The van der Waals surface area contributed by atoms with E-state index in [1.54, 1.807) is 0 Å². The van der Waals surface area contributed by atoms with Crippen LogP contribution in [0.4, 0.5) is 0 Å². The second-order valence-corrected chi connectivity index (χ2v) is 0.306. The van der Waals surface area contributed by atoms with Gasteiger partial charge in [-0.05, 0) is 0 Å². The molecule has 6 nitrogen and oxygen atoms in total. The first-order valence-corrected chi connectivity index (χ1v) is 1.36. The van der Waals surface area contributed by atoms with Gasteiger partial charge in [-0.25, -0.2) is 30.6 Å². The zero-order valence-corrected chi connectivity index (χ0v) is 4.22. The molecule has 0 aliphatic rings. The summed E-state index contributed by atoms with van der Waals surface area (Å²) in [5, 5.41) is 16.2. The third kappa shape index (κ3) is 435. The minimum atomic E-state index is 0. The van der Waals surface area contributed by atoms with E-state index in [1.807, 2.05) is 0 Å². The summed E-state index contributed by atoms with van der Waals surface area (Å²) >= 11 is 0. The van der Waals surface area contributed by atoms with Crippen LogP contribution in [0.3, 0.4) is 0 Å². The van der Waals surface area contributed by atoms with E-state index < -0.39 is 0 Å². The van der Waals surface area contributed by atoms with E-state index >= 15 is 0 Å². The Morgan fingerprint density at radius 3 is 0.438 bits per heavy atom. The van der Waals surface area contributed by atoms with Crippen LogP contribution in [-0.4, -0.2) is 18.2 Å². The SMILES string of the molecule is C.C.C.C.C.C.C.N=C=O.N=C=O.N=C=O. The monoisotopic (exact) mass is 241 g/mol. The summed E-state index contributed by atoms with van der Waals surface area (Å²) in [6, 6.07) is 0. The molecule has 0 aliphatic heterocycles. The van der Waals surface area contributed by atoms with E-state index in [1.165, 1.54) is 0 Å². The number of hydrogen-bond acceptors (Lipinski definition) is 6. The molecule has 0 fully saturated rings. The number of nitrogens with one attached hydrogen (secondary N) is 3. The minimum Gasteiger partial charge on any atom is -0.222 e. The molecular weight excluding hydrogens is 210 g/mol. The second-order valence-electron chi connectivity index (χ2n) is 0.306. The molecule has 0 unspecified atom stereocenters. The summed E-state index contributed by atoms with van der Waals surface area (Å²) < 4.78 is 0. The highest BCUT2D eigenvalue weighted by molar-refractivity contribution is 5.26. The van der Waals surface area contributed by atoms with Crippen LogP contribution < -0.4 is 0 Å². The van der Waals surface area contributed by atoms with Gasteiger partial charge in [0.25, 0.3) is 0 Å². The Kier molecular flexibility index (Phi) is 13300. The first kappa shape index (κ1) is 142. The lowest BCUT2D eigenvalue weighted by Gasteiger charge is -1.02. The summed E-state index contributed by atoms with van der Waals surface area (Å²) in [5.74, 6) is 0. The van der Waals surface area contributed by atoms with Gasteiger partial charge < -0.3 is 0 Å². The van der Waals surface area contributed by atoms with Crippen molar-refractivity contribution < 1.29 is 14.4 Å². The molecule has 0 aromatic heterocycles. The lowest BCUT2D eigenvalue weighted by molar-refractivity contribution is 0.562. The molecule has 0 radical (unpaired) electrons. The van der Waals surface area contributed by atoms with Crippen molar-refractivity contribution in [2.24, 2.45) is 0 Å². The lowest BCUT2D eigenvalue weighted by Crippen LogP contribution is -1.16. The van der Waals surface area contributed by atoms with Crippen LogP contribution in [0, 0.1) is 16.2 Å². The number of carbonyl (C=O) groups excluding carboxylic acids is 3. The van der Waals surface area contributed by atoms with Gasteiger partial charge in [-0.3, -0.25) is 0 Å². The zero-order valence-electron chi connectivity index (χ0n) is 4.22. The van der Waals surface area contributed by atoms with Crippen molar-refractivity contribution in [2.75, 3.05) is 0 Å². The maximum Gasteiger partial charge on any atom is 0.231 e. The van der Waals surface area contributed by atoms with Crippen LogP contribution in [0.1, 0.15) is 52.0 Å². The molecule has 0 aromatic rings. The molecule has 6 heteroatoms. The van der Waals surface area contributed by atoms with Gasteiger partial charge in [0.1, 0.15) is 0 Å². The topological polar surface area (TPSA) is 123 Å². The second kappa shape index (κ2) is 1490. The Morgan fingerprint density at radius 2 is 0.438 bits per heavy atom. The summed E-state index contributed by atoms with van der Waals surface area (Å²) in [4.78, 5) is 25.0. The van der Waals surface area contributed by atoms with Gasteiger partial charge in [0, 0.05) is 0 Å². The summed E-state index contributed by atoms with van der Waals surface area (Å²) in [5.41, 5.74) is 0. The molecule has 104 valence electrons. The quantitative estimate of drug-likeness (QED) is 0.435. The third-order valence-corrected chi connectivity index (χ3v) is 0. The fourth-order valence-corrected chi connectivity index (χ4v) is 0. The van der Waals surface area contributed by atoms with Crippen LogP contribution in [0.15, 0.2) is 0 Å². The Bertz CT molecular complexity index is 113. The molecule has 0 aliphatic carbocycles. The molecule has 0 aromatic carbocycles. The molecule has 3 N–H and O–H groups in total.